The molecular formula is C15H22N4O7. The molecule has 0 spiro atoms. The number of ether oxygens (including phenoxy) is 2. The third-order valence-corrected chi connectivity index (χ3v) is 2.74. The van der Waals surface area contributed by atoms with Crippen LogP contribution < -0.4 is 11.1 Å². The number of aryl methyl sites for hydroxylation is 1. The van der Waals surface area contributed by atoms with Gasteiger partial charge in [-0.3, -0.25) is 10.1 Å². The number of nitrogens with one attached hydrogen (secondary N) is 1. The molecule has 1 amide bonds. The van der Waals surface area contributed by atoms with Crippen molar-refractivity contribution in [2.45, 2.75) is 46.1 Å². The van der Waals surface area contributed by atoms with Crippen LogP contribution in [0.4, 0.5) is 10.7 Å². The number of esters is 1. The van der Waals surface area contributed by atoms with Crippen LogP contribution in [0.1, 0.15) is 44.9 Å². The van der Waals surface area contributed by atoms with E-state index in [1.807, 2.05) is 0 Å². The molecule has 1 heterocycles. The van der Waals surface area contributed by atoms with E-state index in [-0.39, 0.29) is 30.1 Å². The number of amidine groups is 1. The number of hydrogen-bond donors (Lipinski definition) is 2. The van der Waals surface area contributed by atoms with Gasteiger partial charge in [-0.25, -0.2) is 9.59 Å². The first-order chi connectivity index (χ1) is 12.0. The van der Waals surface area contributed by atoms with Gasteiger partial charge in [0.05, 0.1) is 25.6 Å². The number of methoxy groups -OCH3 is 1. The van der Waals surface area contributed by atoms with Crippen LogP contribution >= 0.6 is 0 Å². The van der Waals surface area contributed by atoms with E-state index in [4.69, 9.17) is 15.0 Å². The van der Waals surface area contributed by atoms with Crippen LogP contribution in [0, 0.1) is 6.92 Å². The molecule has 0 atom stereocenters. The molecule has 11 heteroatoms. The largest absolute Gasteiger partial charge is 0.469 e. The molecule has 0 fully saturated rings. The normalized spacial score (nSPS) is 11.7. The summed E-state index contributed by atoms with van der Waals surface area (Å²) < 4.78 is 14.5. The molecule has 1 rings (SSSR count). The van der Waals surface area contributed by atoms with Crippen molar-refractivity contribution >= 4 is 29.8 Å². The fourth-order valence-corrected chi connectivity index (χ4v) is 1.65. The fourth-order valence-electron chi connectivity index (χ4n) is 1.65. The van der Waals surface area contributed by atoms with E-state index < -0.39 is 23.6 Å². The number of amides is 1. The first-order valence-corrected chi connectivity index (χ1v) is 7.60. The zero-order valence-corrected chi connectivity index (χ0v) is 15.2. The highest BCUT2D eigenvalue weighted by Gasteiger charge is 2.23. The maximum atomic E-state index is 11.8. The van der Waals surface area contributed by atoms with Crippen molar-refractivity contribution in [3.8, 4) is 0 Å². The molecule has 0 saturated carbocycles. The Morgan fingerprint density at radius 1 is 1.23 bits per heavy atom. The minimum atomic E-state index is -0.783. The molecule has 0 saturated heterocycles. The molecule has 0 aliphatic rings. The monoisotopic (exact) mass is 370 g/mol. The van der Waals surface area contributed by atoms with Crippen LogP contribution in [-0.4, -0.2) is 41.7 Å². The van der Waals surface area contributed by atoms with E-state index in [0.717, 1.165) is 0 Å². The Bertz CT molecular complexity index is 703. The van der Waals surface area contributed by atoms with Crippen molar-refractivity contribution in [3.63, 3.8) is 0 Å². The average molecular weight is 370 g/mol. The van der Waals surface area contributed by atoms with E-state index in [2.05, 4.69) is 25.2 Å². The minimum absolute atomic E-state index is 0.108. The molecule has 0 radical (unpaired) electrons. The lowest BCUT2D eigenvalue weighted by Crippen LogP contribution is -2.28. The lowest BCUT2D eigenvalue weighted by atomic mass is 10.2. The summed E-state index contributed by atoms with van der Waals surface area (Å²) >= 11 is 0. The van der Waals surface area contributed by atoms with Crippen LogP contribution in [0.15, 0.2) is 9.68 Å². The second kappa shape index (κ2) is 8.83. The van der Waals surface area contributed by atoms with E-state index in [0.29, 0.717) is 5.69 Å². The SMILES string of the molecule is COC(=O)CCC(=O)O/N=C(\N)c1c(C)noc1NC(=O)OC(C)(C)C. The van der Waals surface area contributed by atoms with Gasteiger partial charge in [0.15, 0.2) is 5.84 Å². The van der Waals surface area contributed by atoms with Crippen LogP contribution in [0.5, 0.6) is 0 Å². The van der Waals surface area contributed by atoms with Crippen molar-refractivity contribution in [2.75, 3.05) is 12.4 Å². The second-order valence-corrected chi connectivity index (χ2v) is 6.11. The van der Waals surface area contributed by atoms with Crippen LogP contribution in [-0.2, 0) is 23.9 Å². The quantitative estimate of drug-likeness (QED) is 0.249. The summed E-state index contributed by atoms with van der Waals surface area (Å²) in [6.07, 6.45) is -1.16. The van der Waals surface area contributed by atoms with Crippen molar-refractivity contribution in [2.24, 2.45) is 10.9 Å². The molecule has 26 heavy (non-hydrogen) atoms. The van der Waals surface area contributed by atoms with Gasteiger partial charge in [-0.05, 0) is 27.7 Å². The van der Waals surface area contributed by atoms with E-state index in [1.165, 1.54) is 7.11 Å². The summed E-state index contributed by atoms with van der Waals surface area (Å²) in [7, 11) is 1.21. The van der Waals surface area contributed by atoms with Crippen molar-refractivity contribution < 1.29 is 33.2 Å². The smallest absolute Gasteiger partial charge is 0.414 e. The van der Waals surface area contributed by atoms with Gasteiger partial charge >= 0.3 is 18.0 Å². The lowest BCUT2D eigenvalue weighted by Gasteiger charge is -2.19. The highest BCUT2D eigenvalue weighted by Crippen LogP contribution is 2.20. The second-order valence-electron chi connectivity index (χ2n) is 6.11. The first kappa shape index (κ1) is 20.9. The van der Waals surface area contributed by atoms with Gasteiger partial charge in [-0.15, -0.1) is 0 Å². The summed E-state index contributed by atoms with van der Waals surface area (Å²) in [5.74, 6) is -1.70. The van der Waals surface area contributed by atoms with Crippen molar-refractivity contribution in [3.05, 3.63) is 11.3 Å². The molecule has 0 aromatic carbocycles. The molecule has 11 nitrogen and oxygen atoms in total. The summed E-state index contributed by atoms with van der Waals surface area (Å²) in [5, 5.41) is 9.50. The third kappa shape index (κ3) is 6.79. The number of nitrogens with two attached hydrogens (primary N) is 1. The maximum Gasteiger partial charge on any atom is 0.414 e. The number of nitrogens with zero attached hydrogens (tertiary/aromatic N) is 2. The molecule has 0 aliphatic carbocycles. The predicted octanol–water partition coefficient (Wildman–Crippen LogP) is 1.45. The van der Waals surface area contributed by atoms with Crippen LogP contribution in [0.25, 0.3) is 0 Å². The van der Waals surface area contributed by atoms with Gasteiger partial charge in [0.2, 0.25) is 5.88 Å². The van der Waals surface area contributed by atoms with Gasteiger partial charge in [-0.2, -0.15) is 0 Å². The Labute approximate surface area is 149 Å². The molecule has 0 bridgehead atoms. The minimum Gasteiger partial charge on any atom is -0.469 e. The van der Waals surface area contributed by atoms with Crippen molar-refractivity contribution in [1.29, 1.82) is 0 Å². The average Bonchev–Trinajstić information content (AvgIpc) is 2.88. The standard InChI is InChI=1S/C15H22N4O7/c1-8-11(12(16)19-25-10(21)7-6-9(20)23-5)13(26-18-8)17-14(22)24-15(2,3)4/h6-7H2,1-5H3,(H2,16,19)(H,17,22). The van der Waals surface area contributed by atoms with Gasteiger partial charge in [-0.1, -0.05) is 10.3 Å². The topological polar surface area (TPSA) is 155 Å². The zero-order valence-electron chi connectivity index (χ0n) is 15.2. The highest BCUT2D eigenvalue weighted by molar-refractivity contribution is 6.04. The van der Waals surface area contributed by atoms with E-state index in [1.54, 1.807) is 27.7 Å². The predicted molar refractivity (Wildman–Crippen MR) is 89.2 cm³/mol. The number of hydrogen-bond acceptors (Lipinski definition) is 9. The van der Waals surface area contributed by atoms with Gasteiger partial charge in [0.25, 0.3) is 0 Å². The maximum absolute atomic E-state index is 11.8. The number of rotatable bonds is 6. The first-order valence-electron chi connectivity index (χ1n) is 7.60. The Hall–Kier alpha value is -3.11. The molecule has 144 valence electrons. The molecule has 0 aliphatic heterocycles. The number of oxime groups is 1. The van der Waals surface area contributed by atoms with Crippen molar-refractivity contribution in [1.82, 2.24) is 5.16 Å². The summed E-state index contributed by atoms with van der Waals surface area (Å²) in [6.45, 7) is 6.65. The number of aromatic nitrogens is 1. The zero-order chi connectivity index (χ0) is 19.9. The van der Waals surface area contributed by atoms with Gasteiger partial charge in [0.1, 0.15) is 11.2 Å². The van der Waals surface area contributed by atoms with Crippen LogP contribution in [0.3, 0.4) is 0 Å². The highest BCUT2D eigenvalue weighted by atomic mass is 16.7. The number of carbonyl (C=O) groups excluding carboxylic acids is 3. The molecule has 0 unspecified atom stereocenters. The number of anilines is 1. The lowest BCUT2D eigenvalue weighted by molar-refractivity contribution is -0.148. The number of carbonyl (C=O) groups is 3. The Kier molecular flexibility index (Phi) is 7.11. The Morgan fingerprint density at radius 3 is 2.42 bits per heavy atom. The fraction of sp³-hybridized carbons (Fsp3) is 0.533. The van der Waals surface area contributed by atoms with Crippen LogP contribution in [0.2, 0.25) is 0 Å². The van der Waals surface area contributed by atoms with E-state index >= 15 is 0 Å². The molecular weight excluding hydrogens is 348 g/mol. The molecule has 3 N–H and O–H groups in total. The molecule has 1 aromatic rings. The summed E-state index contributed by atoms with van der Waals surface area (Å²) in [5.41, 5.74) is 5.49. The Balaban J connectivity index is 2.78. The summed E-state index contributed by atoms with van der Waals surface area (Å²) in [6, 6.07) is 0. The van der Waals surface area contributed by atoms with E-state index in [9.17, 15) is 14.4 Å². The third-order valence-electron chi connectivity index (χ3n) is 2.74. The van der Waals surface area contributed by atoms with Gasteiger partial charge < -0.3 is 24.6 Å². The Morgan fingerprint density at radius 2 is 1.85 bits per heavy atom. The van der Waals surface area contributed by atoms with Gasteiger partial charge in [0, 0.05) is 0 Å². The molecule has 1 aromatic heterocycles. The summed E-state index contributed by atoms with van der Waals surface area (Å²) in [4.78, 5) is 38.9.